The number of aromatic nitrogens is 3. The number of nitrogens with two attached hydrogens (primary N) is 2. The van der Waals surface area contributed by atoms with Crippen molar-refractivity contribution in [3.05, 3.63) is 46.5 Å². The SMILES string of the molecule is Nc1nc(/C(=N/O)C(=O)N[C@@H]2C(=O)N3C(C(=O)[O-])=C(/C=C/c4cncnc4N)CS[C@@H]23)cs1.[Na+]. The number of carbonyl (C=O) groups is 3. The molecule has 0 bridgehead atoms. The number of carbonyl (C=O) groups excluding carboxylic acids is 3. The maximum Gasteiger partial charge on any atom is 1.00 e. The minimum Gasteiger partial charge on any atom is -0.543 e. The average Bonchev–Trinajstić information content (AvgIpc) is 3.22. The van der Waals surface area contributed by atoms with Crippen LogP contribution in [0.1, 0.15) is 11.3 Å². The predicted octanol–water partition coefficient (Wildman–Crippen LogP) is -4.60. The zero-order chi connectivity index (χ0) is 23.7. The Labute approximate surface area is 222 Å². The standard InChI is InChI=1S/C18H16N8O5S2.Na/c19-13-7(3-21-6-22-13)1-2-8-4-32-16-11(15(28)26(16)12(8)17(29)30)24-14(27)10(25-31)9-5-33-18(20)23-9;/h1-3,5-6,11,16,31H,4H2,(H2,20,23)(H,24,27)(H,29,30)(H2,19,21,22);/q;+1/p-1/b2-1+,25-10-;/t11-,16+;/m1./s1. The van der Waals surface area contributed by atoms with Crippen molar-refractivity contribution in [1.29, 1.82) is 0 Å². The summed E-state index contributed by atoms with van der Waals surface area (Å²) < 4.78 is 0. The average molecular weight is 510 g/mol. The Bertz CT molecular complexity index is 1250. The normalized spacial score (nSPS) is 19.9. The van der Waals surface area contributed by atoms with Crippen LogP contribution in [0.25, 0.3) is 6.08 Å². The first-order chi connectivity index (χ1) is 15.8. The summed E-state index contributed by atoms with van der Waals surface area (Å²) in [4.78, 5) is 49.8. The zero-order valence-electron chi connectivity index (χ0n) is 17.5. The molecule has 0 unspecified atom stereocenters. The van der Waals surface area contributed by atoms with Gasteiger partial charge < -0.3 is 31.9 Å². The van der Waals surface area contributed by atoms with Gasteiger partial charge in [0, 0.05) is 22.9 Å². The fourth-order valence-electron chi connectivity index (χ4n) is 3.25. The number of amides is 2. The van der Waals surface area contributed by atoms with Crippen molar-refractivity contribution in [3.63, 3.8) is 0 Å². The van der Waals surface area contributed by atoms with E-state index in [4.69, 9.17) is 11.5 Å². The number of hydrogen-bond acceptors (Lipinski definition) is 13. The van der Waals surface area contributed by atoms with Gasteiger partial charge in [0.1, 0.15) is 29.3 Å². The molecule has 170 valence electrons. The van der Waals surface area contributed by atoms with Gasteiger partial charge in [-0.05, 0) is 11.6 Å². The van der Waals surface area contributed by atoms with Crippen molar-refractivity contribution in [2.75, 3.05) is 17.2 Å². The van der Waals surface area contributed by atoms with Gasteiger partial charge in [-0.2, -0.15) is 0 Å². The molecule has 0 spiro atoms. The topological polar surface area (TPSA) is 213 Å². The third-order valence-corrected chi connectivity index (χ3v) is 6.77. The van der Waals surface area contributed by atoms with Gasteiger partial charge in [-0.15, -0.1) is 23.1 Å². The molecule has 2 aromatic heterocycles. The minimum absolute atomic E-state index is 0. The summed E-state index contributed by atoms with van der Waals surface area (Å²) in [7, 11) is 0. The van der Waals surface area contributed by atoms with Crippen LogP contribution in [-0.2, 0) is 14.4 Å². The number of oxime groups is 1. The molecule has 0 aliphatic carbocycles. The van der Waals surface area contributed by atoms with Crippen LogP contribution in [0.3, 0.4) is 0 Å². The van der Waals surface area contributed by atoms with Gasteiger partial charge in [0.05, 0.1) is 11.7 Å². The van der Waals surface area contributed by atoms with Crippen LogP contribution in [-0.4, -0.2) is 65.7 Å². The van der Waals surface area contributed by atoms with E-state index in [0.717, 1.165) is 16.2 Å². The van der Waals surface area contributed by atoms with Gasteiger partial charge >= 0.3 is 29.6 Å². The molecule has 2 atom stereocenters. The van der Waals surface area contributed by atoms with Crippen molar-refractivity contribution in [3.8, 4) is 0 Å². The molecular weight excluding hydrogens is 495 g/mol. The molecular formula is C18H15N8NaO5S2. The first-order valence-electron chi connectivity index (χ1n) is 9.18. The number of thiazole rings is 1. The number of fused-ring (bicyclic) bond motifs is 1. The Balaban J connectivity index is 0.00000324. The third kappa shape index (κ3) is 4.78. The quantitative estimate of drug-likeness (QED) is 0.0954. The Hall–Kier alpha value is -2.98. The van der Waals surface area contributed by atoms with E-state index in [-0.39, 0.29) is 57.7 Å². The van der Waals surface area contributed by atoms with Crippen molar-refractivity contribution >= 4 is 63.6 Å². The van der Waals surface area contributed by atoms with Crippen LogP contribution in [0.15, 0.2) is 40.4 Å². The molecule has 2 aliphatic heterocycles. The summed E-state index contributed by atoms with van der Waals surface area (Å²) in [6.45, 7) is 0. The maximum atomic E-state index is 12.7. The number of anilines is 2. The molecule has 6 N–H and O–H groups in total. The van der Waals surface area contributed by atoms with Crippen molar-refractivity contribution in [1.82, 2.24) is 25.2 Å². The largest absolute Gasteiger partial charge is 1.00 e. The zero-order valence-corrected chi connectivity index (χ0v) is 21.2. The molecule has 0 radical (unpaired) electrons. The fourth-order valence-corrected chi connectivity index (χ4v) is 5.11. The predicted molar refractivity (Wildman–Crippen MR) is 117 cm³/mol. The maximum absolute atomic E-state index is 12.7. The molecule has 1 fully saturated rings. The van der Waals surface area contributed by atoms with E-state index in [0.29, 0.717) is 11.1 Å². The van der Waals surface area contributed by atoms with Gasteiger partial charge in [-0.25, -0.2) is 15.0 Å². The summed E-state index contributed by atoms with van der Waals surface area (Å²) >= 11 is 2.29. The Morgan fingerprint density at radius 3 is 2.74 bits per heavy atom. The number of thioether (sulfide) groups is 1. The molecule has 34 heavy (non-hydrogen) atoms. The van der Waals surface area contributed by atoms with Crippen molar-refractivity contribution in [2.45, 2.75) is 11.4 Å². The number of rotatable bonds is 6. The van der Waals surface area contributed by atoms with E-state index in [1.54, 1.807) is 6.08 Å². The Morgan fingerprint density at radius 1 is 1.35 bits per heavy atom. The number of carboxylic acid groups (broad SMARTS) is 1. The molecule has 2 amide bonds. The first-order valence-corrected chi connectivity index (χ1v) is 11.1. The molecule has 0 saturated carbocycles. The molecule has 4 heterocycles. The number of β-lactam (4-membered cyclic amide) rings is 1. The number of nitrogens with one attached hydrogen (secondary N) is 1. The van der Waals surface area contributed by atoms with E-state index in [2.05, 4.69) is 25.4 Å². The van der Waals surface area contributed by atoms with Crippen LogP contribution in [0.4, 0.5) is 10.9 Å². The number of allylic oxidation sites excluding steroid dienone is 1. The summed E-state index contributed by atoms with van der Waals surface area (Å²) in [6.07, 6.45) is 5.80. The second-order valence-electron chi connectivity index (χ2n) is 6.74. The van der Waals surface area contributed by atoms with Gasteiger partial charge in [0.15, 0.2) is 10.8 Å². The molecule has 2 aliphatic rings. The number of nitrogen functional groups attached to an aromatic ring is 2. The number of carboxylic acids is 1. The van der Waals surface area contributed by atoms with Gasteiger partial charge in [0.2, 0.25) is 0 Å². The van der Waals surface area contributed by atoms with Crippen LogP contribution < -0.4 is 51.4 Å². The summed E-state index contributed by atoms with van der Waals surface area (Å²) in [5.74, 6) is -2.61. The molecule has 1 saturated heterocycles. The fraction of sp³-hybridized carbons (Fsp3) is 0.167. The van der Waals surface area contributed by atoms with Gasteiger partial charge in [-0.3, -0.25) is 14.5 Å². The number of hydrogen-bond donors (Lipinski definition) is 4. The van der Waals surface area contributed by atoms with Crippen molar-refractivity contribution in [2.24, 2.45) is 5.16 Å². The molecule has 0 aromatic carbocycles. The van der Waals surface area contributed by atoms with E-state index in [1.807, 2.05) is 0 Å². The second-order valence-corrected chi connectivity index (χ2v) is 8.73. The summed E-state index contributed by atoms with van der Waals surface area (Å²) in [5.41, 5.74) is 11.4. The number of nitrogens with zero attached hydrogens (tertiary/aromatic N) is 5. The van der Waals surface area contributed by atoms with Crippen LogP contribution in [0.2, 0.25) is 0 Å². The van der Waals surface area contributed by atoms with Crippen LogP contribution >= 0.6 is 23.1 Å². The smallest absolute Gasteiger partial charge is 0.543 e. The van der Waals surface area contributed by atoms with E-state index >= 15 is 0 Å². The minimum atomic E-state index is -1.54. The van der Waals surface area contributed by atoms with Crippen LogP contribution in [0.5, 0.6) is 0 Å². The summed E-state index contributed by atoms with van der Waals surface area (Å²) in [6, 6.07) is -1.03. The molecule has 2 aromatic rings. The number of aliphatic carboxylic acids is 1. The third-order valence-electron chi connectivity index (χ3n) is 4.79. The molecule has 16 heteroatoms. The monoisotopic (exact) mass is 510 g/mol. The van der Waals surface area contributed by atoms with Crippen LogP contribution in [0, 0.1) is 0 Å². The Kier molecular flexibility index (Phi) is 7.93. The van der Waals surface area contributed by atoms with E-state index in [9.17, 15) is 24.7 Å². The first kappa shape index (κ1) is 25.6. The summed E-state index contributed by atoms with van der Waals surface area (Å²) in [5, 5.41) is 27.4. The second kappa shape index (κ2) is 10.5. The molecule has 13 nitrogen and oxygen atoms in total. The van der Waals surface area contributed by atoms with Crippen molar-refractivity contribution < 1.29 is 54.3 Å². The van der Waals surface area contributed by atoms with Gasteiger partial charge in [0.25, 0.3) is 11.8 Å². The molecule has 4 rings (SSSR count). The van der Waals surface area contributed by atoms with E-state index < -0.39 is 34.9 Å². The van der Waals surface area contributed by atoms with Gasteiger partial charge in [-0.1, -0.05) is 11.2 Å². The van der Waals surface area contributed by atoms with E-state index in [1.165, 1.54) is 35.7 Å². The Morgan fingerprint density at radius 2 is 2.12 bits per heavy atom.